The zero-order chi connectivity index (χ0) is 18.2. The average Bonchev–Trinajstić information content (AvgIpc) is 3.35. The molecule has 0 saturated carbocycles. The first-order valence-corrected chi connectivity index (χ1v) is 10.2. The molecule has 130 valence electrons. The highest BCUT2D eigenvalue weighted by molar-refractivity contribution is 7.19. The van der Waals surface area contributed by atoms with Crippen LogP contribution in [0.1, 0.15) is 5.69 Å². The van der Waals surface area contributed by atoms with Crippen molar-refractivity contribution in [3.8, 4) is 32.5 Å². The van der Waals surface area contributed by atoms with Gasteiger partial charge in [-0.05, 0) is 48.7 Å². The van der Waals surface area contributed by atoms with E-state index in [1.54, 1.807) is 35.1 Å². The minimum Gasteiger partial charge on any atom is -0.264 e. The van der Waals surface area contributed by atoms with E-state index < -0.39 is 0 Å². The maximum atomic E-state index is 4.98. The number of rotatable bonds is 3. The van der Waals surface area contributed by atoms with Gasteiger partial charge in [0, 0.05) is 34.2 Å². The Kier molecular flexibility index (Phi) is 3.99. The van der Waals surface area contributed by atoms with E-state index in [1.165, 1.54) is 4.70 Å². The molecule has 0 aliphatic rings. The lowest BCUT2D eigenvalue weighted by atomic mass is 10.1. The molecule has 0 bridgehead atoms. The first-order valence-electron chi connectivity index (χ1n) is 8.47. The van der Waals surface area contributed by atoms with Crippen LogP contribution in [0.15, 0.2) is 66.4 Å². The molecule has 0 atom stereocenters. The van der Waals surface area contributed by atoms with Gasteiger partial charge in [0.15, 0.2) is 0 Å². The van der Waals surface area contributed by atoms with E-state index in [-0.39, 0.29) is 0 Å². The molecule has 6 heteroatoms. The zero-order valence-electron chi connectivity index (χ0n) is 14.5. The smallest absolute Gasteiger partial charge is 0.125 e. The second kappa shape index (κ2) is 6.64. The van der Waals surface area contributed by atoms with Gasteiger partial charge in [-0.3, -0.25) is 9.97 Å². The van der Waals surface area contributed by atoms with Crippen LogP contribution in [0.5, 0.6) is 0 Å². The SMILES string of the molecule is Cc1nc(-c2cccnc2)sc1-c1nc(-c2ccccn2)cc2sccc12. The first kappa shape index (κ1) is 16.2. The Bertz CT molecular complexity index is 1230. The Labute approximate surface area is 164 Å². The maximum absolute atomic E-state index is 4.98. The predicted octanol–water partition coefficient (Wildman–Crippen LogP) is 5.85. The van der Waals surface area contributed by atoms with Crippen molar-refractivity contribution in [1.29, 1.82) is 0 Å². The van der Waals surface area contributed by atoms with Crippen LogP contribution in [-0.4, -0.2) is 19.9 Å². The van der Waals surface area contributed by atoms with Gasteiger partial charge in [0.05, 0.1) is 27.7 Å². The lowest BCUT2D eigenvalue weighted by Gasteiger charge is -2.06. The van der Waals surface area contributed by atoms with Gasteiger partial charge < -0.3 is 0 Å². The number of fused-ring (bicyclic) bond motifs is 1. The molecular weight excluding hydrogens is 372 g/mol. The van der Waals surface area contributed by atoms with Crippen molar-refractivity contribution in [1.82, 2.24) is 19.9 Å². The van der Waals surface area contributed by atoms with E-state index in [9.17, 15) is 0 Å². The summed E-state index contributed by atoms with van der Waals surface area (Å²) < 4.78 is 1.20. The monoisotopic (exact) mass is 386 g/mol. The summed E-state index contributed by atoms with van der Waals surface area (Å²) in [6.45, 7) is 2.04. The number of thiazole rings is 1. The van der Waals surface area contributed by atoms with Crippen LogP contribution in [0.3, 0.4) is 0 Å². The summed E-state index contributed by atoms with van der Waals surface area (Å²) in [6, 6.07) is 14.1. The van der Waals surface area contributed by atoms with Crippen LogP contribution in [0, 0.1) is 6.92 Å². The number of hydrogen-bond acceptors (Lipinski definition) is 6. The molecule has 5 heterocycles. The summed E-state index contributed by atoms with van der Waals surface area (Å²) in [7, 11) is 0. The molecule has 0 aliphatic heterocycles. The van der Waals surface area contributed by atoms with E-state index >= 15 is 0 Å². The second-order valence-corrected chi connectivity index (χ2v) is 8.03. The topological polar surface area (TPSA) is 51.6 Å². The average molecular weight is 387 g/mol. The van der Waals surface area contributed by atoms with Crippen LogP contribution in [0.2, 0.25) is 0 Å². The van der Waals surface area contributed by atoms with Gasteiger partial charge in [-0.25, -0.2) is 9.97 Å². The molecule has 0 aromatic carbocycles. The highest BCUT2D eigenvalue weighted by Gasteiger charge is 2.17. The van der Waals surface area contributed by atoms with Crippen LogP contribution in [0.4, 0.5) is 0 Å². The minimum atomic E-state index is 0.878. The fourth-order valence-corrected chi connectivity index (χ4v) is 4.90. The van der Waals surface area contributed by atoms with E-state index in [0.717, 1.165) is 43.6 Å². The third-order valence-corrected chi connectivity index (χ3v) is 6.37. The molecule has 0 fully saturated rings. The highest BCUT2D eigenvalue weighted by atomic mass is 32.1. The second-order valence-electron chi connectivity index (χ2n) is 6.08. The Balaban J connectivity index is 1.71. The summed E-state index contributed by atoms with van der Waals surface area (Å²) in [5, 5.41) is 4.23. The normalized spacial score (nSPS) is 11.1. The van der Waals surface area contributed by atoms with Gasteiger partial charge in [0.25, 0.3) is 0 Å². The third kappa shape index (κ3) is 2.93. The number of aromatic nitrogens is 4. The molecule has 0 unspecified atom stereocenters. The number of hydrogen-bond donors (Lipinski definition) is 0. The molecule has 0 amide bonds. The maximum Gasteiger partial charge on any atom is 0.125 e. The Morgan fingerprint density at radius 2 is 1.89 bits per heavy atom. The molecule has 0 N–H and O–H groups in total. The number of nitrogens with zero attached hydrogens (tertiary/aromatic N) is 4. The third-order valence-electron chi connectivity index (χ3n) is 4.30. The zero-order valence-corrected chi connectivity index (χ0v) is 16.1. The molecule has 27 heavy (non-hydrogen) atoms. The largest absolute Gasteiger partial charge is 0.264 e. The Morgan fingerprint density at radius 3 is 2.70 bits per heavy atom. The van der Waals surface area contributed by atoms with Crippen molar-refractivity contribution in [2.75, 3.05) is 0 Å². The molecular formula is C21H14N4S2. The summed E-state index contributed by atoms with van der Waals surface area (Å²) in [6.07, 6.45) is 5.42. The molecule has 0 aliphatic carbocycles. The Morgan fingerprint density at radius 1 is 0.926 bits per heavy atom. The van der Waals surface area contributed by atoms with Gasteiger partial charge in [-0.2, -0.15) is 0 Å². The van der Waals surface area contributed by atoms with Crippen molar-refractivity contribution in [3.63, 3.8) is 0 Å². The van der Waals surface area contributed by atoms with Crippen LogP contribution in [0.25, 0.3) is 42.6 Å². The molecule has 0 saturated heterocycles. The van der Waals surface area contributed by atoms with E-state index in [0.29, 0.717) is 0 Å². The van der Waals surface area contributed by atoms with Gasteiger partial charge >= 0.3 is 0 Å². The highest BCUT2D eigenvalue weighted by Crippen LogP contribution is 2.39. The van der Waals surface area contributed by atoms with Crippen LogP contribution in [-0.2, 0) is 0 Å². The first-order chi connectivity index (χ1) is 13.3. The van der Waals surface area contributed by atoms with Gasteiger partial charge in [0.1, 0.15) is 5.01 Å². The summed E-state index contributed by atoms with van der Waals surface area (Å²) in [5.41, 5.74) is 4.75. The van der Waals surface area contributed by atoms with E-state index in [4.69, 9.17) is 9.97 Å². The fourth-order valence-electron chi connectivity index (χ4n) is 3.01. The molecule has 5 rings (SSSR count). The molecule has 5 aromatic rings. The van der Waals surface area contributed by atoms with Crippen LogP contribution < -0.4 is 0 Å². The summed E-state index contributed by atoms with van der Waals surface area (Å²) in [5.74, 6) is 0. The van der Waals surface area contributed by atoms with Crippen molar-refractivity contribution < 1.29 is 0 Å². The molecule has 4 nitrogen and oxygen atoms in total. The number of aryl methyl sites for hydroxylation is 1. The molecule has 0 radical (unpaired) electrons. The molecule has 0 spiro atoms. The van der Waals surface area contributed by atoms with E-state index in [1.807, 2.05) is 43.5 Å². The van der Waals surface area contributed by atoms with Crippen molar-refractivity contribution in [2.45, 2.75) is 6.92 Å². The molecule has 5 aromatic heterocycles. The van der Waals surface area contributed by atoms with Crippen molar-refractivity contribution in [2.24, 2.45) is 0 Å². The van der Waals surface area contributed by atoms with E-state index in [2.05, 4.69) is 27.5 Å². The van der Waals surface area contributed by atoms with Gasteiger partial charge in [0.2, 0.25) is 0 Å². The predicted molar refractivity (Wildman–Crippen MR) is 112 cm³/mol. The minimum absolute atomic E-state index is 0.878. The number of pyridine rings is 3. The van der Waals surface area contributed by atoms with Gasteiger partial charge in [-0.1, -0.05) is 6.07 Å². The lowest BCUT2D eigenvalue weighted by Crippen LogP contribution is -1.90. The fraction of sp³-hybridized carbons (Fsp3) is 0.0476. The lowest BCUT2D eigenvalue weighted by molar-refractivity contribution is 1.23. The van der Waals surface area contributed by atoms with Crippen molar-refractivity contribution >= 4 is 32.8 Å². The summed E-state index contributed by atoms with van der Waals surface area (Å²) >= 11 is 3.38. The Hall–Kier alpha value is -2.96. The number of thiophene rings is 1. The van der Waals surface area contributed by atoms with Crippen molar-refractivity contribution in [3.05, 3.63) is 72.1 Å². The van der Waals surface area contributed by atoms with Crippen LogP contribution >= 0.6 is 22.7 Å². The standard InChI is InChI=1S/C21H14N4S2/c1-13-20(27-21(24-13)14-5-4-8-22-12-14)19-15-7-10-26-18(15)11-17(25-19)16-6-2-3-9-23-16/h2-12H,1H3. The van der Waals surface area contributed by atoms with Gasteiger partial charge in [-0.15, -0.1) is 22.7 Å². The quantitative estimate of drug-likeness (QED) is 0.390. The summed E-state index contributed by atoms with van der Waals surface area (Å²) in [4.78, 5) is 19.5.